The second-order valence-electron chi connectivity index (χ2n) is 6.25. The van der Waals surface area contributed by atoms with E-state index in [-0.39, 0.29) is 5.91 Å². The Hall–Kier alpha value is -3.48. The normalized spacial score (nSPS) is 11.6. The average molecular weight is 399 g/mol. The van der Waals surface area contributed by atoms with E-state index in [4.69, 9.17) is 18.9 Å². The standard InChI is InChI=1S/C22H25NO6/c1-23(2)22(25)20(16-9-7-6-8-10-16)29-19(24)12-11-15-13-17(26-3)21(28-5)18(14-15)27-4/h6-14,20H,1-5H3/b12-11+. The minimum absolute atomic E-state index is 0.328. The monoisotopic (exact) mass is 399 g/mol. The molecule has 0 fully saturated rings. The van der Waals surface area contributed by atoms with Crippen LogP contribution in [-0.2, 0) is 14.3 Å². The molecule has 7 nitrogen and oxygen atoms in total. The van der Waals surface area contributed by atoms with Gasteiger partial charge in [0.25, 0.3) is 5.91 Å². The first-order valence-electron chi connectivity index (χ1n) is 8.86. The molecule has 0 aromatic heterocycles. The molecule has 1 atom stereocenters. The third-order valence-electron chi connectivity index (χ3n) is 4.10. The molecule has 0 spiro atoms. The second kappa shape index (κ2) is 10.2. The maximum atomic E-state index is 12.5. The Morgan fingerprint density at radius 3 is 2.00 bits per heavy atom. The molecule has 0 bridgehead atoms. The highest BCUT2D eigenvalue weighted by Gasteiger charge is 2.25. The SMILES string of the molecule is COc1cc(/C=C/C(=O)OC(C(=O)N(C)C)c2ccccc2)cc(OC)c1OC. The molecule has 0 heterocycles. The zero-order valence-corrected chi connectivity index (χ0v) is 17.2. The summed E-state index contributed by atoms with van der Waals surface area (Å²) >= 11 is 0. The van der Waals surface area contributed by atoms with Gasteiger partial charge in [-0.05, 0) is 23.8 Å². The minimum atomic E-state index is -1.02. The number of hydrogen-bond donors (Lipinski definition) is 0. The summed E-state index contributed by atoms with van der Waals surface area (Å²) < 4.78 is 21.3. The van der Waals surface area contributed by atoms with Crippen LogP contribution in [0, 0.1) is 0 Å². The van der Waals surface area contributed by atoms with Gasteiger partial charge < -0.3 is 23.8 Å². The number of carbonyl (C=O) groups excluding carboxylic acids is 2. The molecule has 29 heavy (non-hydrogen) atoms. The van der Waals surface area contributed by atoms with E-state index in [2.05, 4.69) is 0 Å². The zero-order chi connectivity index (χ0) is 21.4. The van der Waals surface area contributed by atoms with Crippen molar-refractivity contribution in [3.63, 3.8) is 0 Å². The summed E-state index contributed by atoms with van der Waals surface area (Å²) in [6.45, 7) is 0. The number of ether oxygens (including phenoxy) is 4. The average Bonchev–Trinajstić information content (AvgIpc) is 2.75. The third kappa shape index (κ3) is 5.51. The highest BCUT2D eigenvalue weighted by molar-refractivity contribution is 5.91. The maximum absolute atomic E-state index is 12.5. The number of hydrogen-bond acceptors (Lipinski definition) is 6. The van der Waals surface area contributed by atoms with Crippen LogP contribution in [0.3, 0.4) is 0 Å². The molecule has 0 aliphatic carbocycles. The van der Waals surface area contributed by atoms with Crippen molar-refractivity contribution in [2.75, 3.05) is 35.4 Å². The molecule has 0 aliphatic heterocycles. The van der Waals surface area contributed by atoms with Gasteiger partial charge in [-0.2, -0.15) is 0 Å². The van der Waals surface area contributed by atoms with Crippen LogP contribution in [0.2, 0.25) is 0 Å². The van der Waals surface area contributed by atoms with Gasteiger partial charge in [-0.1, -0.05) is 30.3 Å². The van der Waals surface area contributed by atoms with Crippen molar-refractivity contribution in [1.82, 2.24) is 4.90 Å². The number of nitrogens with zero attached hydrogens (tertiary/aromatic N) is 1. The van der Waals surface area contributed by atoms with Crippen molar-refractivity contribution < 1.29 is 28.5 Å². The number of likely N-dealkylation sites (N-methyl/N-ethyl adjacent to an activating group) is 1. The highest BCUT2D eigenvalue weighted by atomic mass is 16.5. The van der Waals surface area contributed by atoms with Crippen LogP contribution in [0.5, 0.6) is 17.2 Å². The molecule has 0 saturated heterocycles. The molecule has 2 aromatic rings. The topological polar surface area (TPSA) is 74.3 Å². The molecule has 0 aliphatic rings. The van der Waals surface area contributed by atoms with E-state index in [9.17, 15) is 9.59 Å². The molecule has 7 heteroatoms. The first-order chi connectivity index (χ1) is 13.9. The second-order valence-corrected chi connectivity index (χ2v) is 6.25. The summed E-state index contributed by atoms with van der Waals surface area (Å²) in [6.07, 6.45) is 1.78. The van der Waals surface area contributed by atoms with Crippen molar-refractivity contribution >= 4 is 18.0 Å². The third-order valence-corrected chi connectivity index (χ3v) is 4.10. The fourth-order valence-electron chi connectivity index (χ4n) is 2.64. The minimum Gasteiger partial charge on any atom is -0.493 e. The van der Waals surface area contributed by atoms with Crippen molar-refractivity contribution in [2.45, 2.75) is 6.10 Å². The van der Waals surface area contributed by atoms with Crippen LogP contribution >= 0.6 is 0 Å². The summed E-state index contributed by atoms with van der Waals surface area (Å²) in [6, 6.07) is 12.3. The molecule has 1 unspecified atom stereocenters. The number of rotatable bonds is 8. The zero-order valence-electron chi connectivity index (χ0n) is 17.2. The Morgan fingerprint density at radius 2 is 1.52 bits per heavy atom. The molecule has 0 radical (unpaired) electrons. The molecular formula is C22H25NO6. The summed E-state index contributed by atoms with van der Waals surface area (Å²) in [5.41, 5.74) is 1.24. The van der Waals surface area contributed by atoms with Crippen LogP contribution in [0.25, 0.3) is 6.08 Å². The maximum Gasteiger partial charge on any atom is 0.331 e. The van der Waals surface area contributed by atoms with Gasteiger partial charge in [-0.3, -0.25) is 4.79 Å². The van der Waals surface area contributed by atoms with E-state index in [0.717, 1.165) is 0 Å². The van der Waals surface area contributed by atoms with Crippen LogP contribution in [0.15, 0.2) is 48.5 Å². The fourth-order valence-corrected chi connectivity index (χ4v) is 2.64. The number of carbonyl (C=O) groups is 2. The summed E-state index contributed by atoms with van der Waals surface area (Å²) in [5.74, 6) is 0.401. The molecule has 0 N–H and O–H groups in total. The van der Waals surface area contributed by atoms with Gasteiger partial charge in [0.05, 0.1) is 21.3 Å². The lowest BCUT2D eigenvalue weighted by Crippen LogP contribution is -2.30. The fraction of sp³-hybridized carbons (Fsp3) is 0.273. The van der Waals surface area contributed by atoms with Crippen LogP contribution in [-0.4, -0.2) is 52.2 Å². The van der Waals surface area contributed by atoms with Crippen LogP contribution in [0.1, 0.15) is 17.2 Å². The van der Waals surface area contributed by atoms with Gasteiger partial charge in [0.2, 0.25) is 11.9 Å². The molecule has 1 amide bonds. The quantitative estimate of drug-likeness (QED) is 0.502. The molecule has 154 valence electrons. The van der Waals surface area contributed by atoms with Crippen molar-refractivity contribution in [3.05, 3.63) is 59.7 Å². The molecule has 2 rings (SSSR count). The van der Waals surface area contributed by atoms with Gasteiger partial charge in [0, 0.05) is 25.7 Å². The predicted octanol–water partition coefficient (Wildman–Crippen LogP) is 3.10. The van der Waals surface area contributed by atoms with Crippen molar-refractivity contribution in [2.24, 2.45) is 0 Å². The number of benzene rings is 2. The van der Waals surface area contributed by atoms with Gasteiger partial charge >= 0.3 is 5.97 Å². The largest absolute Gasteiger partial charge is 0.493 e. The van der Waals surface area contributed by atoms with E-state index < -0.39 is 12.1 Å². The van der Waals surface area contributed by atoms with Crippen LogP contribution < -0.4 is 14.2 Å². The van der Waals surface area contributed by atoms with Gasteiger partial charge in [0.1, 0.15) is 0 Å². The molecule has 2 aromatic carbocycles. The van der Waals surface area contributed by atoms with E-state index in [0.29, 0.717) is 28.4 Å². The van der Waals surface area contributed by atoms with E-state index in [1.807, 2.05) is 6.07 Å². The summed E-state index contributed by atoms with van der Waals surface area (Å²) in [4.78, 5) is 26.2. The van der Waals surface area contributed by atoms with E-state index in [1.165, 1.54) is 32.3 Å². The Labute approximate surface area is 170 Å². The predicted molar refractivity (Wildman–Crippen MR) is 109 cm³/mol. The number of esters is 1. The highest BCUT2D eigenvalue weighted by Crippen LogP contribution is 2.38. The Balaban J connectivity index is 2.24. The van der Waals surface area contributed by atoms with E-state index in [1.54, 1.807) is 56.6 Å². The lowest BCUT2D eigenvalue weighted by atomic mass is 10.1. The number of amides is 1. The van der Waals surface area contributed by atoms with Gasteiger partial charge in [-0.25, -0.2) is 4.79 Å². The lowest BCUT2D eigenvalue weighted by molar-refractivity contribution is -0.155. The first-order valence-corrected chi connectivity index (χ1v) is 8.86. The van der Waals surface area contributed by atoms with Crippen molar-refractivity contribution in [1.29, 1.82) is 0 Å². The number of methoxy groups -OCH3 is 3. The Bertz CT molecular complexity index is 851. The molecular weight excluding hydrogens is 374 g/mol. The summed E-state index contributed by atoms with van der Waals surface area (Å²) in [7, 11) is 7.75. The van der Waals surface area contributed by atoms with Gasteiger partial charge in [-0.15, -0.1) is 0 Å². The van der Waals surface area contributed by atoms with E-state index >= 15 is 0 Å². The smallest absolute Gasteiger partial charge is 0.331 e. The van der Waals surface area contributed by atoms with Crippen LogP contribution in [0.4, 0.5) is 0 Å². The Kier molecular flexibility index (Phi) is 7.65. The lowest BCUT2D eigenvalue weighted by Gasteiger charge is -2.20. The summed E-state index contributed by atoms with van der Waals surface area (Å²) in [5, 5.41) is 0. The Morgan fingerprint density at radius 1 is 0.931 bits per heavy atom. The molecule has 0 saturated carbocycles. The van der Waals surface area contributed by atoms with Gasteiger partial charge in [0.15, 0.2) is 11.5 Å². The van der Waals surface area contributed by atoms with Crippen molar-refractivity contribution in [3.8, 4) is 17.2 Å². The first kappa shape index (κ1) is 21.8.